The number of carbonyl (C=O) groups excluding carboxylic acids is 1. The first kappa shape index (κ1) is 15.7. The Labute approximate surface area is 125 Å². The summed E-state index contributed by atoms with van der Waals surface area (Å²) in [5, 5.41) is 3.28. The molecular formula is C15H23N3O3. The highest BCUT2D eigenvalue weighted by molar-refractivity contribution is 5.90. The van der Waals surface area contributed by atoms with Crippen molar-refractivity contribution in [3.63, 3.8) is 0 Å². The molecule has 1 aliphatic carbocycles. The molecule has 6 heteroatoms. The third-order valence-electron chi connectivity index (χ3n) is 3.78. The summed E-state index contributed by atoms with van der Waals surface area (Å²) >= 11 is 0. The van der Waals surface area contributed by atoms with Crippen LogP contribution in [0.3, 0.4) is 0 Å². The van der Waals surface area contributed by atoms with E-state index >= 15 is 0 Å². The second kappa shape index (κ2) is 7.36. The minimum atomic E-state index is -0.396. The highest BCUT2D eigenvalue weighted by atomic mass is 16.5. The molecule has 0 amide bonds. The Morgan fingerprint density at radius 3 is 2.86 bits per heavy atom. The number of ether oxygens (including phenoxy) is 2. The molecule has 1 aromatic rings. The summed E-state index contributed by atoms with van der Waals surface area (Å²) in [7, 11) is 1.95. The van der Waals surface area contributed by atoms with Gasteiger partial charge in [0.1, 0.15) is 6.10 Å². The van der Waals surface area contributed by atoms with Crippen molar-refractivity contribution in [2.75, 3.05) is 13.7 Å². The van der Waals surface area contributed by atoms with E-state index in [0.717, 1.165) is 19.3 Å². The average molecular weight is 293 g/mol. The number of hydrogen-bond donors (Lipinski definition) is 1. The predicted molar refractivity (Wildman–Crippen MR) is 78.5 cm³/mol. The largest absolute Gasteiger partial charge is 0.462 e. The molecule has 6 nitrogen and oxygen atoms in total. The standard InChI is InChI=1S/C15H23N3O3/c1-4-20-14(19)11-9-17-15(18-10(11)2)21-13-8-6-5-7-12(13)16-3/h9,12-13,16H,4-8H2,1-3H3. The molecule has 1 saturated carbocycles. The maximum atomic E-state index is 11.7. The van der Waals surface area contributed by atoms with Crippen molar-refractivity contribution in [3.05, 3.63) is 17.5 Å². The molecule has 1 N–H and O–H groups in total. The third-order valence-corrected chi connectivity index (χ3v) is 3.78. The number of esters is 1. The van der Waals surface area contributed by atoms with E-state index in [1.54, 1.807) is 13.8 Å². The van der Waals surface area contributed by atoms with Crippen LogP contribution in [0.2, 0.25) is 0 Å². The molecule has 0 radical (unpaired) electrons. The molecule has 2 unspecified atom stereocenters. The van der Waals surface area contributed by atoms with Crippen LogP contribution in [-0.4, -0.2) is 41.7 Å². The smallest absolute Gasteiger partial charge is 0.341 e. The summed E-state index contributed by atoms with van der Waals surface area (Å²) in [6.07, 6.45) is 6.02. The quantitative estimate of drug-likeness (QED) is 0.836. The monoisotopic (exact) mass is 293 g/mol. The van der Waals surface area contributed by atoms with Crippen LogP contribution >= 0.6 is 0 Å². The molecule has 1 fully saturated rings. The molecule has 1 aromatic heterocycles. The van der Waals surface area contributed by atoms with Crippen molar-refractivity contribution in [3.8, 4) is 6.01 Å². The molecule has 0 saturated heterocycles. The van der Waals surface area contributed by atoms with E-state index in [2.05, 4.69) is 15.3 Å². The second-order valence-corrected chi connectivity index (χ2v) is 5.21. The zero-order chi connectivity index (χ0) is 15.2. The topological polar surface area (TPSA) is 73.3 Å². The number of nitrogens with zero attached hydrogens (tertiary/aromatic N) is 2. The van der Waals surface area contributed by atoms with Crippen molar-refractivity contribution in [1.29, 1.82) is 0 Å². The Hall–Kier alpha value is -1.69. The summed E-state index contributed by atoms with van der Waals surface area (Å²) in [5.41, 5.74) is 0.966. The number of nitrogens with one attached hydrogen (secondary N) is 1. The lowest BCUT2D eigenvalue weighted by atomic mass is 9.92. The highest BCUT2D eigenvalue weighted by Crippen LogP contribution is 2.22. The fraction of sp³-hybridized carbons (Fsp3) is 0.667. The number of carbonyl (C=O) groups is 1. The zero-order valence-corrected chi connectivity index (χ0v) is 12.9. The lowest BCUT2D eigenvalue weighted by Crippen LogP contribution is -2.43. The van der Waals surface area contributed by atoms with Crippen LogP contribution < -0.4 is 10.1 Å². The average Bonchev–Trinajstić information content (AvgIpc) is 2.48. The van der Waals surface area contributed by atoms with Crippen LogP contribution in [0, 0.1) is 6.92 Å². The zero-order valence-electron chi connectivity index (χ0n) is 12.9. The fourth-order valence-corrected chi connectivity index (χ4v) is 2.62. The van der Waals surface area contributed by atoms with E-state index in [1.807, 2.05) is 7.05 Å². The lowest BCUT2D eigenvalue weighted by molar-refractivity contribution is 0.0523. The minimum Gasteiger partial charge on any atom is -0.462 e. The van der Waals surface area contributed by atoms with E-state index < -0.39 is 5.97 Å². The molecule has 1 heterocycles. The minimum absolute atomic E-state index is 0.0802. The molecule has 2 rings (SSSR count). The van der Waals surface area contributed by atoms with Crippen molar-refractivity contribution < 1.29 is 14.3 Å². The van der Waals surface area contributed by atoms with Gasteiger partial charge >= 0.3 is 12.0 Å². The van der Waals surface area contributed by atoms with Gasteiger partial charge in [0, 0.05) is 12.2 Å². The number of rotatable bonds is 5. The fourth-order valence-electron chi connectivity index (χ4n) is 2.62. The molecule has 21 heavy (non-hydrogen) atoms. The maximum Gasteiger partial charge on any atom is 0.341 e. The normalized spacial score (nSPS) is 21.9. The van der Waals surface area contributed by atoms with Crippen molar-refractivity contribution in [1.82, 2.24) is 15.3 Å². The van der Waals surface area contributed by atoms with E-state index in [9.17, 15) is 4.79 Å². The molecular weight excluding hydrogens is 270 g/mol. The van der Waals surface area contributed by atoms with Crippen LogP contribution in [0.15, 0.2) is 6.20 Å². The molecule has 116 valence electrons. The first-order chi connectivity index (χ1) is 10.2. The van der Waals surface area contributed by atoms with Crippen molar-refractivity contribution in [2.24, 2.45) is 0 Å². The van der Waals surface area contributed by atoms with Crippen LogP contribution in [0.5, 0.6) is 6.01 Å². The third kappa shape index (κ3) is 3.91. The molecule has 1 aliphatic rings. The van der Waals surface area contributed by atoms with Gasteiger partial charge in [-0.3, -0.25) is 0 Å². The summed E-state index contributed by atoms with van der Waals surface area (Å²) in [6, 6.07) is 0.653. The summed E-state index contributed by atoms with van der Waals surface area (Å²) in [5.74, 6) is -0.396. The lowest BCUT2D eigenvalue weighted by Gasteiger charge is -2.30. The molecule has 0 spiro atoms. The molecule has 0 aliphatic heterocycles. The highest BCUT2D eigenvalue weighted by Gasteiger charge is 2.26. The van der Waals surface area contributed by atoms with Crippen molar-refractivity contribution in [2.45, 2.75) is 51.7 Å². The Morgan fingerprint density at radius 2 is 2.19 bits per heavy atom. The molecule has 0 aromatic carbocycles. The second-order valence-electron chi connectivity index (χ2n) is 5.21. The van der Waals surface area contributed by atoms with E-state index in [-0.39, 0.29) is 6.10 Å². The first-order valence-electron chi connectivity index (χ1n) is 7.50. The van der Waals surface area contributed by atoms with Crippen LogP contribution in [0.25, 0.3) is 0 Å². The number of aromatic nitrogens is 2. The van der Waals surface area contributed by atoms with Crippen LogP contribution in [-0.2, 0) is 4.74 Å². The van der Waals surface area contributed by atoms with Gasteiger partial charge in [0.25, 0.3) is 0 Å². The van der Waals surface area contributed by atoms with Gasteiger partial charge in [-0.2, -0.15) is 4.98 Å². The maximum absolute atomic E-state index is 11.7. The summed E-state index contributed by atoms with van der Waals surface area (Å²) < 4.78 is 10.9. The summed E-state index contributed by atoms with van der Waals surface area (Å²) in [4.78, 5) is 20.1. The van der Waals surface area contributed by atoms with Gasteiger partial charge in [-0.25, -0.2) is 9.78 Å². The van der Waals surface area contributed by atoms with Gasteiger partial charge in [-0.05, 0) is 40.2 Å². The van der Waals surface area contributed by atoms with E-state index in [0.29, 0.717) is 29.9 Å². The number of hydrogen-bond acceptors (Lipinski definition) is 6. The van der Waals surface area contributed by atoms with E-state index in [4.69, 9.17) is 9.47 Å². The van der Waals surface area contributed by atoms with Crippen molar-refractivity contribution >= 4 is 5.97 Å². The van der Waals surface area contributed by atoms with Crippen LogP contribution in [0.1, 0.15) is 48.7 Å². The molecule has 0 bridgehead atoms. The van der Waals surface area contributed by atoms with Gasteiger partial charge in [-0.1, -0.05) is 6.42 Å². The van der Waals surface area contributed by atoms with Gasteiger partial charge in [0.15, 0.2) is 0 Å². The van der Waals surface area contributed by atoms with Gasteiger partial charge < -0.3 is 14.8 Å². The Kier molecular flexibility index (Phi) is 5.50. The van der Waals surface area contributed by atoms with E-state index in [1.165, 1.54) is 12.6 Å². The van der Waals surface area contributed by atoms with Gasteiger partial charge in [-0.15, -0.1) is 0 Å². The first-order valence-corrected chi connectivity index (χ1v) is 7.50. The summed E-state index contributed by atoms with van der Waals surface area (Å²) in [6.45, 7) is 3.87. The Bertz CT molecular complexity index is 493. The SMILES string of the molecule is CCOC(=O)c1cnc(OC2CCCCC2NC)nc1C. The van der Waals surface area contributed by atoms with Gasteiger partial charge in [0.2, 0.25) is 0 Å². The Morgan fingerprint density at radius 1 is 1.43 bits per heavy atom. The van der Waals surface area contributed by atoms with Gasteiger partial charge in [0.05, 0.1) is 17.9 Å². The number of aryl methyl sites for hydroxylation is 1. The predicted octanol–water partition coefficient (Wildman–Crippen LogP) is 1.87. The van der Waals surface area contributed by atoms with Crippen LogP contribution in [0.4, 0.5) is 0 Å². The molecule has 2 atom stereocenters. The Balaban J connectivity index is 2.07. The number of likely N-dealkylation sites (N-methyl/N-ethyl adjacent to an activating group) is 1.